The van der Waals surface area contributed by atoms with Crippen LogP contribution < -0.4 is 0 Å². The summed E-state index contributed by atoms with van der Waals surface area (Å²) in [4.78, 5) is 0. The van der Waals surface area contributed by atoms with Gasteiger partial charge in [-0.05, 0) is 22.6 Å². The maximum atomic E-state index is 11.3. The molecule has 0 bridgehead atoms. The first-order chi connectivity index (χ1) is 3.18. The average molecular weight is 238 g/mol. The molecule has 0 aromatic carbocycles. The van der Waals surface area contributed by atoms with Gasteiger partial charge in [-0.25, -0.2) is 8.78 Å². The summed E-state index contributed by atoms with van der Waals surface area (Å²) in [6, 6.07) is 0. The van der Waals surface area contributed by atoms with Crippen LogP contribution in [0.3, 0.4) is 0 Å². The molecule has 0 N–H and O–H groups in total. The first-order valence-corrected chi connectivity index (χ1v) is 2.94. The van der Waals surface area contributed by atoms with E-state index in [9.17, 15) is 8.78 Å². The van der Waals surface area contributed by atoms with Gasteiger partial charge in [-0.2, -0.15) is 0 Å². The van der Waals surface area contributed by atoms with Crippen LogP contribution >= 0.6 is 34.2 Å². The minimum Gasteiger partial charge on any atom is -0.204 e. The quantitative estimate of drug-likeness (QED) is 0.616. The Morgan fingerprint density at radius 3 is 2.14 bits per heavy atom. The normalized spacial score (nSPS) is 13.0. The van der Waals surface area contributed by atoms with Gasteiger partial charge in [0, 0.05) is 5.54 Å². The smallest absolute Gasteiger partial charge is 0.204 e. The van der Waals surface area contributed by atoms with Gasteiger partial charge in [-0.15, -0.1) is 0 Å². The van der Waals surface area contributed by atoms with Crippen LogP contribution in [-0.2, 0) is 0 Å². The Labute approximate surface area is 58.7 Å². The van der Waals surface area contributed by atoms with Crippen molar-refractivity contribution in [1.82, 2.24) is 0 Å². The molecule has 0 saturated heterocycles. The Hall–Kier alpha value is 0.620. The molecular formula is C3H2ClF2I. The number of allylic oxidation sites excluding steroid dienone is 1. The first-order valence-electron chi connectivity index (χ1n) is 1.42. The lowest BCUT2D eigenvalue weighted by Crippen LogP contribution is -1.84. The van der Waals surface area contributed by atoms with E-state index in [1.807, 2.05) is 0 Å². The van der Waals surface area contributed by atoms with E-state index in [2.05, 4.69) is 0 Å². The van der Waals surface area contributed by atoms with Crippen LogP contribution in [0, 0.1) is 0 Å². The van der Waals surface area contributed by atoms with Gasteiger partial charge in [-0.3, -0.25) is 0 Å². The van der Waals surface area contributed by atoms with Gasteiger partial charge in [0.25, 0.3) is 6.43 Å². The van der Waals surface area contributed by atoms with Gasteiger partial charge < -0.3 is 0 Å². The summed E-state index contributed by atoms with van der Waals surface area (Å²) in [5, 5.41) is 0. The van der Waals surface area contributed by atoms with Crippen LogP contribution in [0.5, 0.6) is 0 Å². The molecular weight excluding hydrogens is 236 g/mol. The largest absolute Gasteiger partial charge is 0.270 e. The third kappa shape index (κ3) is 3.22. The molecule has 0 aliphatic heterocycles. The number of hydrogen-bond acceptors (Lipinski definition) is 0. The fourth-order valence-electron chi connectivity index (χ4n) is 0.0476. The molecule has 0 nitrogen and oxygen atoms in total. The molecule has 0 aromatic heterocycles. The molecule has 0 amide bonds. The summed E-state index contributed by atoms with van der Waals surface area (Å²) in [5.41, 5.74) is 0.866. The van der Waals surface area contributed by atoms with Crippen LogP contribution in [0.15, 0.2) is 9.12 Å². The fraction of sp³-hybridized carbons (Fsp3) is 0.333. The molecule has 0 fully saturated rings. The molecule has 0 aliphatic rings. The SMILES string of the molecule is FC(F)C(I)=CCl. The lowest BCUT2D eigenvalue weighted by molar-refractivity contribution is 0.202. The van der Waals surface area contributed by atoms with Gasteiger partial charge in [0.2, 0.25) is 0 Å². The van der Waals surface area contributed by atoms with E-state index >= 15 is 0 Å². The molecule has 4 heteroatoms. The summed E-state index contributed by atoms with van der Waals surface area (Å²) in [6.45, 7) is 0. The van der Waals surface area contributed by atoms with Gasteiger partial charge in [0.15, 0.2) is 0 Å². The zero-order valence-electron chi connectivity index (χ0n) is 3.17. The van der Waals surface area contributed by atoms with Crippen LogP contribution in [0.2, 0.25) is 0 Å². The Bertz CT molecular complexity index is 81.0. The second-order valence-electron chi connectivity index (χ2n) is 0.795. The van der Waals surface area contributed by atoms with Crippen molar-refractivity contribution in [1.29, 1.82) is 0 Å². The number of halogens is 4. The average Bonchev–Trinajstić information content (AvgIpc) is 1.65. The lowest BCUT2D eigenvalue weighted by Gasteiger charge is -1.88. The summed E-state index contributed by atoms with van der Waals surface area (Å²) in [7, 11) is 0. The summed E-state index contributed by atoms with van der Waals surface area (Å²) in [6.07, 6.45) is -2.42. The van der Waals surface area contributed by atoms with Gasteiger partial charge >= 0.3 is 0 Å². The predicted octanol–water partition coefficient (Wildman–Crippen LogP) is 2.77. The topological polar surface area (TPSA) is 0 Å². The van der Waals surface area contributed by atoms with Gasteiger partial charge in [0.1, 0.15) is 0 Å². The number of rotatable bonds is 1. The monoisotopic (exact) mass is 238 g/mol. The van der Waals surface area contributed by atoms with Crippen molar-refractivity contribution in [2.75, 3.05) is 0 Å². The molecule has 0 unspecified atom stereocenters. The van der Waals surface area contributed by atoms with Crippen molar-refractivity contribution in [2.45, 2.75) is 6.43 Å². The van der Waals surface area contributed by atoms with E-state index in [1.54, 1.807) is 0 Å². The van der Waals surface area contributed by atoms with Crippen molar-refractivity contribution in [3.63, 3.8) is 0 Å². The third-order valence-electron chi connectivity index (χ3n) is 0.313. The molecule has 42 valence electrons. The zero-order chi connectivity index (χ0) is 5.86. The van der Waals surface area contributed by atoms with E-state index < -0.39 is 6.43 Å². The maximum Gasteiger partial charge on any atom is 0.270 e. The van der Waals surface area contributed by atoms with Crippen LogP contribution in [0.4, 0.5) is 8.78 Å². The Kier molecular flexibility index (Phi) is 3.92. The highest BCUT2D eigenvalue weighted by Crippen LogP contribution is 2.16. The molecule has 0 spiro atoms. The van der Waals surface area contributed by atoms with Crippen molar-refractivity contribution >= 4 is 34.2 Å². The van der Waals surface area contributed by atoms with Crippen molar-refractivity contribution < 1.29 is 8.78 Å². The van der Waals surface area contributed by atoms with Crippen molar-refractivity contribution in [2.24, 2.45) is 0 Å². The van der Waals surface area contributed by atoms with E-state index in [-0.39, 0.29) is 3.58 Å². The number of hydrogen-bond donors (Lipinski definition) is 0. The molecule has 0 saturated carbocycles. The number of alkyl halides is 2. The fourth-order valence-corrected chi connectivity index (χ4v) is 0.143. The third-order valence-corrected chi connectivity index (χ3v) is 1.70. The summed E-state index contributed by atoms with van der Waals surface area (Å²) < 4.78 is 22.4. The standard InChI is InChI=1S/C3H2ClF2I/c4-1-2(7)3(5)6/h1,3H. The molecule has 0 aliphatic carbocycles. The molecule has 0 aromatic rings. The minimum atomic E-state index is -2.42. The van der Waals surface area contributed by atoms with E-state index in [1.165, 1.54) is 22.6 Å². The van der Waals surface area contributed by atoms with Gasteiger partial charge in [0.05, 0.1) is 3.58 Å². The van der Waals surface area contributed by atoms with Crippen LogP contribution in [0.25, 0.3) is 0 Å². The molecule has 0 atom stereocenters. The highest BCUT2D eigenvalue weighted by molar-refractivity contribution is 14.1. The maximum absolute atomic E-state index is 11.3. The molecule has 0 radical (unpaired) electrons. The zero-order valence-corrected chi connectivity index (χ0v) is 6.08. The second kappa shape index (κ2) is 3.60. The second-order valence-corrected chi connectivity index (χ2v) is 2.26. The van der Waals surface area contributed by atoms with E-state index in [0.29, 0.717) is 0 Å². The van der Waals surface area contributed by atoms with Gasteiger partial charge in [-0.1, -0.05) is 11.6 Å². The molecule has 0 heterocycles. The Morgan fingerprint density at radius 1 is 1.71 bits per heavy atom. The Balaban J connectivity index is 3.56. The minimum absolute atomic E-state index is 0.126. The van der Waals surface area contributed by atoms with Crippen molar-refractivity contribution in [3.8, 4) is 0 Å². The highest BCUT2D eigenvalue weighted by Gasteiger charge is 2.03. The van der Waals surface area contributed by atoms with Crippen molar-refractivity contribution in [3.05, 3.63) is 9.12 Å². The Morgan fingerprint density at radius 2 is 2.14 bits per heavy atom. The highest BCUT2D eigenvalue weighted by atomic mass is 127. The first kappa shape index (κ1) is 7.62. The van der Waals surface area contributed by atoms with Crippen LogP contribution in [-0.4, -0.2) is 6.43 Å². The predicted molar refractivity (Wildman–Crippen MR) is 34.0 cm³/mol. The molecule has 7 heavy (non-hydrogen) atoms. The van der Waals surface area contributed by atoms with E-state index in [4.69, 9.17) is 11.6 Å². The summed E-state index contributed by atoms with van der Waals surface area (Å²) in [5.74, 6) is 0. The molecule has 0 rings (SSSR count). The van der Waals surface area contributed by atoms with E-state index in [0.717, 1.165) is 5.54 Å². The lowest BCUT2D eigenvalue weighted by atomic mass is 10.7. The summed E-state index contributed by atoms with van der Waals surface area (Å²) >= 11 is 6.37. The van der Waals surface area contributed by atoms with Crippen LogP contribution in [0.1, 0.15) is 0 Å².